The molecule has 2 nitrogen and oxygen atoms in total. The third-order valence-electron chi connectivity index (χ3n) is 3.32. The van der Waals surface area contributed by atoms with Gasteiger partial charge in [0.2, 0.25) is 0 Å². The molecule has 0 unspecified atom stereocenters. The van der Waals surface area contributed by atoms with Gasteiger partial charge >= 0.3 is 0 Å². The van der Waals surface area contributed by atoms with Gasteiger partial charge in [-0.15, -0.1) is 0 Å². The van der Waals surface area contributed by atoms with Crippen molar-refractivity contribution in [2.45, 2.75) is 45.7 Å². The number of aryl methyl sites for hydroxylation is 1. The lowest BCUT2D eigenvalue weighted by Gasteiger charge is -2.26. The Balaban J connectivity index is 1.89. The van der Waals surface area contributed by atoms with Gasteiger partial charge in [0.25, 0.3) is 0 Å². The maximum atomic E-state index is 4.30. The predicted octanol–water partition coefficient (Wildman–Crippen LogP) is 2.67. The predicted molar refractivity (Wildman–Crippen MR) is 62.6 cm³/mol. The van der Waals surface area contributed by atoms with Gasteiger partial charge in [-0.1, -0.05) is 6.07 Å². The van der Waals surface area contributed by atoms with Crippen LogP contribution in [0.1, 0.15) is 37.9 Å². The number of pyridine rings is 1. The zero-order chi connectivity index (χ0) is 10.9. The van der Waals surface area contributed by atoms with Gasteiger partial charge in [-0.05, 0) is 51.2 Å². The summed E-state index contributed by atoms with van der Waals surface area (Å²) in [6, 6.07) is 4.22. The van der Waals surface area contributed by atoms with Crippen LogP contribution in [0.4, 0.5) is 0 Å². The minimum Gasteiger partial charge on any atom is -0.307 e. The molecule has 1 aliphatic rings. The maximum Gasteiger partial charge on any atom is 0.0372 e. The third kappa shape index (κ3) is 2.78. The fourth-order valence-electron chi connectivity index (χ4n) is 1.88. The highest BCUT2D eigenvalue weighted by Crippen LogP contribution is 2.39. The molecule has 1 aromatic heterocycles. The molecule has 2 rings (SSSR count). The lowest BCUT2D eigenvalue weighted by Crippen LogP contribution is -2.40. The van der Waals surface area contributed by atoms with Gasteiger partial charge in [-0.3, -0.25) is 4.98 Å². The first-order chi connectivity index (χ1) is 7.08. The van der Waals surface area contributed by atoms with E-state index in [1.54, 1.807) is 0 Å². The largest absolute Gasteiger partial charge is 0.307 e. The van der Waals surface area contributed by atoms with E-state index >= 15 is 0 Å². The molecule has 82 valence electrons. The third-order valence-corrected chi connectivity index (χ3v) is 3.32. The molecule has 0 amide bonds. The summed E-state index contributed by atoms with van der Waals surface area (Å²) in [4.78, 5) is 4.30. The van der Waals surface area contributed by atoms with Crippen molar-refractivity contribution in [1.82, 2.24) is 10.3 Å². The molecule has 15 heavy (non-hydrogen) atoms. The Kier molecular flexibility index (Phi) is 2.79. The van der Waals surface area contributed by atoms with Crippen LogP contribution in [0.15, 0.2) is 18.3 Å². The molecule has 0 spiro atoms. The van der Waals surface area contributed by atoms with E-state index in [0.717, 1.165) is 18.2 Å². The minimum absolute atomic E-state index is 0.283. The van der Waals surface area contributed by atoms with Crippen molar-refractivity contribution >= 4 is 0 Å². The van der Waals surface area contributed by atoms with Crippen LogP contribution < -0.4 is 5.32 Å². The molecular formula is C13H20N2. The average Bonchev–Trinajstić information content (AvgIpc) is 3.00. The van der Waals surface area contributed by atoms with Gasteiger partial charge < -0.3 is 5.32 Å². The van der Waals surface area contributed by atoms with E-state index in [-0.39, 0.29) is 5.54 Å². The lowest BCUT2D eigenvalue weighted by atomic mass is 9.98. The highest BCUT2D eigenvalue weighted by Gasteiger charge is 2.36. The second-order valence-corrected chi connectivity index (χ2v) is 5.16. The van der Waals surface area contributed by atoms with Gasteiger partial charge in [0, 0.05) is 24.0 Å². The molecule has 1 saturated carbocycles. The molecule has 0 radical (unpaired) electrons. The van der Waals surface area contributed by atoms with Gasteiger partial charge in [-0.25, -0.2) is 0 Å². The number of rotatable bonds is 4. The number of nitrogens with one attached hydrogen (secondary N) is 1. The molecule has 1 aromatic rings. The molecule has 0 aromatic carbocycles. The van der Waals surface area contributed by atoms with Crippen LogP contribution in [-0.2, 0) is 6.54 Å². The van der Waals surface area contributed by atoms with Crippen molar-refractivity contribution in [2.75, 3.05) is 0 Å². The van der Waals surface area contributed by atoms with Gasteiger partial charge in [0.1, 0.15) is 0 Å². The van der Waals surface area contributed by atoms with Gasteiger partial charge in [0.05, 0.1) is 0 Å². The zero-order valence-corrected chi connectivity index (χ0v) is 9.88. The van der Waals surface area contributed by atoms with Crippen LogP contribution in [0.3, 0.4) is 0 Å². The lowest BCUT2D eigenvalue weighted by molar-refractivity contribution is 0.339. The van der Waals surface area contributed by atoms with Gasteiger partial charge in [-0.2, -0.15) is 0 Å². The Morgan fingerprint density at radius 3 is 2.67 bits per heavy atom. The van der Waals surface area contributed by atoms with E-state index in [1.807, 2.05) is 13.1 Å². The van der Waals surface area contributed by atoms with Crippen LogP contribution in [0, 0.1) is 12.8 Å². The summed E-state index contributed by atoms with van der Waals surface area (Å²) in [5.41, 5.74) is 2.64. The Morgan fingerprint density at radius 2 is 2.13 bits per heavy atom. The topological polar surface area (TPSA) is 24.9 Å². The molecular weight excluding hydrogens is 184 g/mol. The molecule has 1 N–H and O–H groups in total. The Morgan fingerprint density at radius 1 is 1.40 bits per heavy atom. The first-order valence-corrected chi connectivity index (χ1v) is 5.74. The standard InChI is InChI=1S/C13H20N2/c1-10-4-5-11(8-14-10)9-15-13(2,3)12-6-7-12/h4-5,8,12,15H,6-7,9H2,1-3H3. The summed E-state index contributed by atoms with van der Waals surface area (Å²) in [6.07, 6.45) is 4.73. The van der Waals surface area contributed by atoms with E-state index in [2.05, 4.69) is 36.3 Å². The Labute approximate surface area is 92.1 Å². The molecule has 2 heteroatoms. The van der Waals surface area contributed by atoms with E-state index < -0.39 is 0 Å². The fourth-order valence-corrected chi connectivity index (χ4v) is 1.88. The quantitative estimate of drug-likeness (QED) is 0.815. The van der Waals surface area contributed by atoms with Crippen LogP contribution in [-0.4, -0.2) is 10.5 Å². The highest BCUT2D eigenvalue weighted by atomic mass is 15.0. The summed E-state index contributed by atoms with van der Waals surface area (Å²) in [5, 5.41) is 3.62. The normalized spacial score (nSPS) is 16.7. The summed E-state index contributed by atoms with van der Waals surface area (Å²) >= 11 is 0. The summed E-state index contributed by atoms with van der Waals surface area (Å²) in [7, 11) is 0. The molecule has 0 atom stereocenters. The van der Waals surface area contributed by atoms with Crippen LogP contribution in [0.2, 0.25) is 0 Å². The second-order valence-electron chi connectivity index (χ2n) is 5.16. The number of hydrogen-bond acceptors (Lipinski definition) is 2. The van der Waals surface area contributed by atoms with Crippen molar-refractivity contribution in [3.05, 3.63) is 29.6 Å². The molecule has 0 aliphatic heterocycles. The van der Waals surface area contributed by atoms with Crippen LogP contribution in [0.5, 0.6) is 0 Å². The molecule has 1 fully saturated rings. The molecule has 1 aliphatic carbocycles. The van der Waals surface area contributed by atoms with Crippen LogP contribution >= 0.6 is 0 Å². The van der Waals surface area contributed by atoms with Crippen molar-refractivity contribution in [1.29, 1.82) is 0 Å². The zero-order valence-electron chi connectivity index (χ0n) is 9.88. The monoisotopic (exact) mass is 204 g/mol. The van der Waals surface area contributed by atoms with Crippen molar-refractivity contribution < 1.29 is 0 Å². The van der Waals surface area contributed by atoms with E-state index in [1.165, 1.54) is 18.4 Å². The van der Waals surface area contributed by atoms with Crippen molar-refractivity contribution in [3.8, 4) is 0 Å². The Bertz CT molecular complexity index is 323. The summed E-state index contributed by atoms with van der Waals surface area (Å²) in [6.45, 7) is 7.54. The van der Waals surface area contributed by atoms with E-state index in [4.69, 9.17) is 0 Å². The van der Waals surface area contributed by atoms with E-state index in [0.29, 0.717) is 0 Å². The van der Waals surface area contributed by atoms with Crippen molar-refractivity contribution in [3.63, 3.8) is 0 Å². The summed E-state index contributed by atoms with van der Waals surface area (Å²) < 4.78 is 0. The smallest absolute Gasteiger partial charge is 0.0372 e. The van der Waals surface area contributed by atoms with Gasteiger partial charge in [0.15, 0.2) is 0 Å². The maximum absolute atomic E-state index is 4.30. The average molecular weight is 204 g/mol. The highest BCUT2D eigenvalue weighted by molar-refractivity contribution is 5.13. The number of nitrogens with zero attached hydrogens (tertiary/aromatic N) is 1. The number of aromatic nitrogens is 1. The van der Waals surface area contributed by atoms with Crippen molar-refractivity contribution in [2.24, 2.45) is 5.92 Å². The minimum atomic E-state index is 0.283. The number of hydrogen-bond donors (Lipinski definition) is 1. The molecule has 1 heterocycles. The van der Waals surface area contributed by atoms with E-state index in [9.17, 15) is 0 Å². The first kappa shape index (κ1) is 10.6. The Hall–Kier alpha value is -0.890. The molecule has 0 bridgehead atoms. The molecule has 0 saturated heterocycles. The SMILES string of the molecule is Cc1ccc(CNC(C)(C)C2CC2)cn1. The summed E-state index contributed by atoms with van der Waals surface area (Å²) in [5.74, 6) is 0.871. The second kappa shape index (κ2) is 3.93. The van der Waals surface area contributed by atoms with Crippen LogP contribution in [0.25, 0.3) is 0 Å². The fraction of sp³-hybridized carbons (Fsp3) is 0.615. The first-order valence-electron chi connectivity index (χ1n) is 5.74.